The van der Waals surface area contributed by atoms with Gasteiger partial charge in [0.25, 0.3) is 5.91 Å². The first-order chi connectivity index (χ1) is 12.1. The van der Waals surface area contributed by atoms with Gasteiger partial charge in [-0.15, -0.1) is 5.10 Å². The number of halogens is 1. The minimum absolute atomic E-state index is 0.0951. The van der Waals surface area contributed by atoms with Gasteiger partial charge in [-0.3, -0.25) is 14.8 Å². The van der Waals surface area contributed by atoms with Crippen LogP contribution in [0.1, 0.15) is 28.7 Å². The molecule has 0 saturated heterocycles. The van der Waals surface area contributed by atoms with Crippen molar-refractivity contribution >= 4 is 17.5 Å². The summed E-state index contributed by atoms with van der Waals surface area (Å²) >= 11 is 5.97. The van der Waals surface area contributed by atoms with Gasteiger partial charge >= 0.3 is 0 Å². The Balaban J connectivity index is 1.58. The molecule has 3 aromatic rings. The molecule has 3 rings (SSSR count). The highest BCUT2D eigenvalue weighted by Crippen LogP contribution is 2.11. The van der Waals surface area contributed by atoms with Gasteiger partial charge in [0.2, 0.25) is 0 Å². The highest BCUT2D eigenvalue weighted by Gasteiger charge is 2.14. The number of hydrogen-bond donors (Lipinski definition) is 1. The predicted octanol–water partition coefficient (Wildman–Crippen LogP) is 2.13. The molecule has 1 N–H and O–H groups in total. The summed E-state index contributed by atoms with van der Waals surface area (Å²) < 4.78 is 1.61. The fraction of sp³-hybridized carbons (Fsp3) is 0.235. The monoisotopic (exact) mass is 356 g/mol. The molecule has 0 aliphatic carbocycles. The molecule has 8 heteroatoms. The van der Waals surface area contributed by atoms with Crippen molar-refractivity contribution in [3.05, 3.63) is 71.0 Å². The van der Waals surface area contributed by atoms with E-state index in [1.54, 1.807) is 29.5 Å². The average molecular weight is 357 g/mol. The Bertz CT molecular complexity index is 851. The molecule has 1 aromatic carbocycles. The maximum Gasteiger partial charge on any atom is 0.273 e. The van der Waals surface area contributed by atoms with E-state index in [0.29, 0.717) is 18.0 Å². The molecular weight excluding hydrogens is 340 g/mol. The van der Waals surface area contributed by atoms with Crippen LogP contribution in [0.4, 0.5) is 0 Å². The van der Waals surface area contributed by atoms with E-state index < -0.39 is 0 Å². The van der Waals surface area contributed by atoms with Crippen molar-refractivity contribution in [3.8, 4) is 0 Å². The fourth-order valence-corrected chi connectivity index (χ4v) is 2.61. The standard InChI is InChI=1S/C17H17ClN6O/c1-12(7-15-9-19-5-6-20-15)21-17(25)16-11-24(23-22-16)10-13-3-2-4-14(18)8-13/h2-6,8-9,11-12H,7,10H2,1H3,(H,21,25)/t12-/m0/s1. The Morgan fingerprint density at radius 3 is 3.00 bits per heavy atom. The van der Waals surface area contributed by atoms with Crippen LogP contribution < -0.4 is 5.32 Å². The molecule has 0 aliphatic rings. The van der Waals surface area contributed by atoms with E-state index in [1.807, 2.05) is 31.2 Å². The van der Waals surface area contributed by atoms with E-state index in [0.717, 1.165) is 11.3 Å². The lowest BCUT2D eigenvalue weighted by atomic mass is 10.2. The molecule has 2 heterocycles. The SMILES string of the molecule is C[C@@H](Cc1cnccn1)NC(=O)c1cn(Cc2cccc(Cl)c2)nn1. The van der Waals surface area contributed by atoms with Crippen molar-refractivity contribution in [1.82, 2.24) is 30.3 Å². The van der Waals surface area contributed by atoms with Gasteiger partial charge < -0.3 is 5.32 Å². The summed E-state index contributed by atoms with van der Waals surface area (Å²) in [5, 5.41) is 11.5. The molecule has 0 saturated carbocycles. The molecule has 25 heavy (non-hydrogen) atoms. The fourth-order valence-electron chi connectivity index (χ4n) is 2.40. The van der Waals surface area contributed by atoms with E-state index >= 15 is 0 Å². The number of nitrogens with zero attached hydrogens (tertiary/aromatic N) is 5. The minimum Gasteiger partial charge on any atom is -0.348 e. The number of carbonyl (C=O) groups excluding carboxylic acids is 1. The Hall–Kier alpha value is -2.80. The zero-order valence-electron chi connectivity index (χ0n) is 13.6. The van der Waals surface area contributed by atoms with Gasteiger partial charge in [0, 0.05) is 36.1 Å². The Morgan fingerprint density at radius 1 is 1.36 bits per heavy atom. The quantitative estimate of drug-likeness (QED) is 0.731. The predicted molar refractivity (Wildman–Crippen MR) is 93.2 cm³/mol. The number of hydrogen-bond acceptors (Lipinski definition) is 5. The number of carbonyl (C=O) groups is 1. The molecule has 2 aromatic heterocycles. The normalized spacial score (nSPS) is 11.9. The summed E-state index contributed by atoms with van der Waals surface area (Å²) in [7, 11) is 0. The van der Waals surface area contributed by atoms with Gasteiger partial charge in [-0.05, 0) is 24.6 Å². The maximum absolute atomic E-state index is 12.3. The Kier molecular flexibility index (Phi) is 5.35. The van der Waals surface area contributed by atoms with Gasteiger partial charge in [-0.2, -0.15) is 0 Å². The summed E-state index contributed by atoms with van der Waals surface area (Å²) in [4.78, 5) is 20.5. The van der Waals surface area contributed by atoms with Crippen molar-refractivity contribution < 1.29 is 4.79 Å². The lowest BCUT2D eigenvalue weighted by molar-refractivity contribution is 0.0935. The van der Waals surface area contributed by atoms with Crippen molar-refractivity contribution in [3.63, 3.8) is 0 Å². The number of amides is 1. The van der Waals surface area contributed by atoms with E-state index in [1.165, 1.54) is 0 Å². The first-order valence-corrected chi connectivity index (χ1v) is 8.18. The third kappa shape index (κ3) is 4.84. The second-order valence-corrected chi connectivity index (χ2v) is 6.14. The van der Waals surface area contributed by atoms with Crippen LogP contribution in [0, 0.1) is 0 Å². The topological polar surface area (TPSA) is 85.6 Å². The van der Waals surface area contributed by atoms with Crippen LogP contribution in [-0.4, -0.2) is 36.9 Å². The summed E-state index contributed by atoms with van der Waals surface area (Å²) in [6.07, 6.45) is 7.14. The average Bonchev–Trinajstić information content (AvgIpc) is 3.04. The van der Waals surface area contributed by atoms with Crippen LogP contribution in [0.3, 0.4) is 0 Å². The van der Waals surface area contributed by atoms with E-state index in [4.69, 9.17) is 11.6 Å². The van der Waals surface area contributed by atoms with Crippen molar-refractivity contribution in [2.45, 2.75) is 25.9 Å². The van der Waals surface area contributed by atoms with Gasteiger partial charge in [0.15, 0.2) is 5.69 Å². The zero-order chi connectivity index (χ0) is 17.6. The molecule has 0 radical (unpaired) electrons. The molecule has 0 bridgehead atoms. The molecular formula is C17H17ClN6O. The third-order valence-electron chi connectivity index (χ3n) is 3.51. The summed E-state index contributed by atoms with van der Waals surface area (Å²) in [5.74, 6) is -0.270. The van der Waals surface area contributed by atoms with E-state index in [9.17, 15) is 4.79 Å². The highest BCUT2D eigenvalue weighted by atomic mass is 35.5. The molecule has 1 amide bonds. The molecule has 0 unspecified atom stereocenters. The number of rotatable bonds is 6. The van der Waals surface area contributed by atoms with Crippen LogP contribution in [0.2, 0.25) is 5.02 Å². The molecule has 128 valence electrons. The van der Waals surface area contributed by atoms with Crippen LogP contribution >= 0.6 is 11.6 Å². The van der Waals surface area contributed by atoms with Crippen LogP contribution in [-0.2, 0) is 13.0 Å². The molecule has 0 fully saturated rings. The van der Waals surface area contributed by atoms with Crippen LogP contribution in [0.15, 0.2) is 49.1 Å². The summed E-state index contributed by atoms with van der Waals surface area (Å²) in [5.41, 5.74) is 2.08. The van der Waals surface area contributed by atoms with E-state index in [-0.39, 0.29) is 17.6 Å². The smallest absolute Gasteiger partial charge is 0.273 e. The molecule has 0 aliphatic heterocycles. The Labute approximate surface area is 150 Å². The number of nitrogens with one attached hydrogen (secondary N) is 1. The Morgan fingerprint density at radius 2 is 2.24 bits per heavy atom. The van der Waals surface area contributed by atoms with E-state index in [2.05, 4.69) is 25.6 Å². The van der Waals surface area contributed by atoms with Crippen molar-refractivity contribution in [2.24, 2.45) is 0 Å². The summed E-state index contributed by atoms with van der Waals surface area (Å²) in [6, 6.07) is 7.38. The molecule has 1 atom stereocenters. The second-order valence-electron chi connectivity index (χ2n) is 5.71. The maximum atomic E-state index is 12.3. The van der Waals surface area contributed by atoms with Gasteiger partial charge in [0.05, 0.1) is 18.4 Å². The largest absolute Gasteiger partial charge is 0.348 e. The van der Waals surface area contributed by atoms with Gasteiger partial charge in [-0.1, -0.05) is 28.9 Å². The third-order valence-corrected chi connectivity index (χ3v) is 3.75. The highest BCUT2D eigenvalue weighted by molar-refractivity contribution is 6.30. The molecule has 0 spiro atoms. The summed E-state index contributed by atoms with van der Waals surface area (Å²) in [6.45, 7) is 2.40. The number of aromatic nitrogens is 5. The second kappa shape index (κ2) is 7.85. The van der Waals surface area contributed by atoms with Crippen LogP contribution in [0.5, 0.6) is 0 Å². The lowest BCUT2D eigenvalue weighted by Gasteiger charge is -2.11. The molecule has 7 nitrogen and oxygen atoms in total. The van der Waals surface area contributed by atoms with Crippen molar-refractivity contribution in [1.29, 1.82) is 0 Å². The van der Waals surface area contributed by atoms with Crippen LogP contribution in [0.25, 0.3) is 0 Å². The number of benzene rings is 1. The minimum atomic E-state index is -0.270. The van der Waals surface area contributed by atoms with Gasteiger partial charge in [0.1, 0.15) is 0 Å². The zero-order valence-corrected chi connectivity index (χ0v) is 14.4. The first-order valence-electron chi connectivity index (χ1n) is 7.80. The lowest BCUT2D eigenvalue weighted by Crippen LogP contribution is -2.34. The first kappa shape index (κ1) is 17.0. The van der Waals surface area contributed by atoms with Crippen molar-refractivity contribution in [2.75, 3.05) is 0 Å². The van der Waals surface area contributed by atoms with Gasteiger partial charge in [-0.25, -0.2) is 4.68 Å².